The Balaban J connectivity index is 2.03. The third-order valence-corrected chi connectivity index (χ3v) is 5.07. The summed E-state index contributed by atoms with van der Waals surface area (Å²) in [6, 6.07) is 16.6. The smallest absolute Gasteiger partial charge is 0.149 e. The first-order chi connectivity index (χ1) is 11.8. The number of hydrogen-bond acceptors (Lipinski definition) is 2. The quantitative estimate of drug-likeness (QED) is 0.629. The van der Waals surface area contributed by atoms with Crippen LogP contribution in [0.2, 0.25) is 0 Å². The summed E-state index contributed by atoms with van der Waals surface area (Å²) in [6.07, 6.45) is 3.91. The minimum absolute atomic E-state index is 0.246. The maximum absolute atomic E-state index is 13.1. The highest BCUT2D eigenvalue weighted by molar-refractivity contribution is 6.01. The number of carbonyl (C=O) groups is 1. The highest BCUT2D eigenvalue weighted by atomic mass is 16.5. The Kier molecular flexibility index (Phi) is 5.15. The van der Waals surface area contributed by atoms with Crippen LogP contribution in [0.1, 0.15) is 50.7 Å². The number of benzene rings is 2. The van der Waals surface area contributed by atoms with E-state index in [2.05, 4.69) is 31.2 Å². The van der Waals surface area contributed by atoms with E-state index in [4.69, 9.17) is 4.74 Å². The third-order valence-electron chi connectivity index (χ3n) is 5.07. The van der Waals surface area contributed by atoms with Gasteiger partial charge in [-0.25, -0.2) is 0 Å². The van der Waals surface area contributed by atoms with Crippen molar-refractivity contribution in [2.24, 2.45) is 0 Å². The van der Waals surface area contributed by atoms with E-state index in [1.54, 1.807) is 0 Å². The van der Waals surface area contributed by atoms with Gasteiger partial charge in [0.1, 0.15) is 11.2 Å². The Bertz CT molecular complexity index is 672. The van der Waals surface area contributed by atoms with Gasteiger partial charge < -0.3 is 4.74 Å². The van der Waals surface area contributed by atoms with Crippen molar-refractivity contribution in [3.05, 3.63) is 59.7 Å². The molecule has 0 radical (unpaired) electrons. The lowest BCUT2D eigenvalue weighted by Gasteiger charge is -2.30. The molecule has 1 aliphatic rings. The molecule has 0 amide bonds. The molecular weight excluding hydrogens is 296 g/mol. The van der Waals surface area contributed by atoms with Crippen LogP contribution in [0.4, 0.5) is 0 Å². The number of fused-ring (bicyclic) bond motifs is 3. The maximum atomic E-state index is 13.1. The predicted molar refractivity (Wildman–Crippen MR) is 98.3 cm³/mol. The number of rotatable bonds is 8. The Morgan fingerprint density at radius 2 is 1.50 bits per heavy atom. The first kappa shape index (κ1) is 16.9. The lowest BCUT2D eigenvalue weighted by molar-refractivity contribution is -0.124. The molecule has 0 atom stereocenters. The first-order valence-corrected chi connectivity index (χ1v) is 9.06. The number of carbonyl (C=O) groups excluding carboxylic acids is 1. The van der Waals surface area contributed by atoms with Crippen molar-refractivity contribution in [2.75, 3.05) is 13.2 Å². The zero-order valence-corrected chi connectivity index (χ0v) is 14.7. The fourth-order valence-corrected chi connectivity index (χ4v) is 3.84. The third kappa shape index (κ3) is 2.69. The molecule has 0 heterocycles. The Morgan fingerprint density at radius 1 is 0.917 bits per heavy atom. The molecule has 0 spiro atoms. The van der Waals surface area contributed by atoms with Gasteiger partial charge in [-0.05, 0) is 28.7 Å². The number of ketones is 1. The molecule has 0 fully saturated rings. The van der Waals surface area contributed by atoms with Crippen molar-refractivity contribution in [1.29, 1.82) is 0 Å². The van der Waals surface area contributed by atoms with Gasteiger partial charge in [0.2, 0.25) is 0 Å². The summed E-state index contributed by atoms with van der Waals surface area (Å²) < 4.78 is 6.04. The SMILES string of the molecule is CCCCCOCC1(C(=O)CC)c2ccccc2-c2ccccc21. The Hall–Kier alpha value is -1.93. The summed E-state index contributed by atoms with van der Waals surface area (Å²) in [6.45, 7) is 5.30. The van der Waals surface area contributed by atoms with Crippen LogP contribution in [0.25, 0.3) is 11.1 Å². The van der Waals surface area contributed by atoms with Crippen molar-refractivity contribution >= 4 is 5.78 Å². The fraction of sp³-hybridized carbons (Fsp3) is 0.409. The highest BCUT2D eigenvalue weighted by Crippen LogP contribution is 2.50. The number of Topliss-reactive ketones (excluding diaryl/α,β-unsaturated/α-hetero) is 1. The molecule has 2 aromatic carbocycles. The van der Waals surface area contributed by atoms with Gasteiger partial charge in [-0.15, -0.1) is 0 Å². The Morgan fingerprint density at radius 3 is 2.04 bits per heavy atom. The molecule has 3 rings (SSSR count). The molecule has 0 N–H and O–H groups in total. The zero-order valence-electron chi connectivity index (χ0n) is 14.7. The molecule has 0 aliphatic heterocycles. The summed E-state index contributed by atoms with van der Waals surface area (Å²) in [4.78, 5) is 13.1. The lowest BCUT2D eigenvalue weighted by Crippen LogP contribution is -2.40. The van der Waals surface area contributed by atoms with Crippen molar-refractivity contribution < 1.29 is 9.53 Å². The molecular formula is C22H26O2. The first-order valence-electron chi connectivity index (χ1n) is 9.06. The zero-order chi connectivity index (χ0) is 17.0. The monoisotopic (exact) mass is 322 g/mol. The van der Waals surface area contributed by atoms with Crippen LogP contribution in [-0.4, -0.2) is 19.0 Å². The molecule has 2 heteroatoms. The number of hydrogen-bond donors (Lipinski definition) is 0. The van der Waals surface area contributed by atoms with E-state index < -0.39 is 5.41 Å². The standard InChI is InChI=1S/C22H26O2/c1-3-5-10-15-24-16-22(21(23)4-2)19-13-8-6-11-17(19)18-12-7-9-14-20(18)22/h6-9,11-14H,3-5,10,15-16H2,1-2H3. The largest absolute Gasteiger partial charge is 0.380 e. The summed E-state index contributed by atoms with van der Waals surface area (Å²) in [5.41, 5.74) is 3.91. The van der Waals surface area contributed by atoms with Gasteiger partial charge in [0.15, 0.2) is 0 Å². The molecule has 2 nitrogen and oxygen atoms in total. The fourth-order valence-electron chi connectivity index (χ4n) is 3.84. The van der Waals surface area contributed by atoms with E-state index in [1.807, 2.05) is 31.2 Å². The molecule has 126 valence electrons. The van der Waals surface area contributed by atoms with Crippen molar-refractivity contribution in [1.82, 2.24) is 0 Å². The van der Waals surface area contributed by atoms with E-state index in [1.165, 1.54) is 24.0 Å². The van der Waals surface area contributed by atoms with Crippen LogP contribution < -0.4 is 0 Å². The van der Waals surface area contributed by atoms with Gasteiger partial charge in [0, 0.05) is 13.0 Å². The molecule has 24 heavy (non-hydrogen) atoms. The minimum Gasteiger partial charge on any atom is -0.380 e. The molecule has 0 unspecified atom stereocenters. The van der Waals surface area contributed by atoms with Crippen LogP contribution >= 0.6 is 0 Å². The van der Waals surface area contributed by atoms with E-state index >= 15 is 0 Å². The second-order valence-corrected chi connectivity index (χ2v) is 6.53. The summed E-state index contributed by atoms with van der Waals surface area (Å²) in [5, 5.41) is 0. The van der Waals surface area contributed by atoms with Crippen LogP contribution in [0.15, 0.2) is 48.5 Å². The van der Waals surface area contributed by atoms with Crippen LogP contribution in [0, 0.1) is 0 Å². The summed E-state index contributed by atoms with van der Waals surface area (Å²) in [5.74, 6) is 0.246. The topological polar surface area (TPSA) is 26.3 Å². The molecule has 0 saturated carbocycles. The molecule has 1 aliphatic carbocycles. The summed E-state index contributed by atoms with van der Waals surface area (Å²) in [7, 11) is 0. The van der Waals surface area contributed by atoms with Crippen LogP contribution in [0.5, 0.6) is 0 Å². The van der Waals surface area contributed by atoms with E-state index in [9.17, 15) is 4.79 Å². The van der Waals surface area contributed by atoms with Crippen LogP contribution in [0.3, 0.4) is 0 Å². The minimum atomic E-state index is -0.645. The molecule has 0 aromatic heterocycles. The average Bonchev–Trinajstić information content (AvgIpc) is 2.92. The highest BCUT2D eigenvalue weighted by Gasteiger charge is 2.48. The molecule has 0 saturated heterocycles. The van der Waals surface area contributed by atoms with Gasteiger partial charge in [-0.1, -0.05) is 75.2 Å². The van der Waals surface area contributed by atoms with E-state index in [0.29, 0.717) is 13.0 Å². The number of unbranched alkanes of at least 4 members (excludes halogenated alkanes) is 2. The van der Waals surface area contributed by atoms with E-state index in [-0.39, 0.29) is 5.78 Å². The normalized spacial score (nSPS) is 14.2. The second kappa shape index (κ2) is 7.31. The van der Waals surface area contributed by atoms with Gasteiger partial charge in [0.25, 0.3) is 0 Å². The predicted octanol–water partition coefficient (Wildman–Crippen LogP) is 5.14. The molecule has 0 bridgehead atoms. The lowest BCUT2D eigenvalue weighted by atomic mass is 9.74. The van der Waals surface area contributed by atoms with Crippen molar-refractivity contribution in [3.63, 3.8) is 0 Å². The van der Waals surface area contributed by atoms with Crippen LogP contribution in [-0.2, 0) is 14.9 Å². The number of ether oxygens (including phenoxy) is 1. The second-order valence-electron chi connectivity index (χ2n) is 6.53. The van der Waals surface area contributed by atoms with Gasteiger partial charge >= 0.3 is 0 Å². The van der Waals surface area contributed by atoms with Gasteiger partial charge in [0.05, 0.1) is 6.61 Å². The van der Waals surface area contributed by atoms with E-state index in [0.717, 1.165) is 24.2 Å². The van der Waals surface area contributed by atoms with Crippen molar-refractivity contribution in [2.45, 2.75) is 44.9 Å². The van der Waals surface area contributed by atoms with Gasteiger partial charge in [-0.2, -0.15) is 0 Å². The maximum Gasteiger partial charge on any atom is 0.149 e. The van der Waals surface area contributed by atoms with Gasteiger partial charge in [-0.3, -0.25) is 4.79 Å². The van der Waals surface area contributed by atoms with Crippen molar-refractivity contribution in [3.8, 4) is 11.1 Å². The molecule has 2 aromatic rings. The summed E-state index contributed by atoms with van der Waals surface area (Å²) >= 11 is 0. The average molecular weight is 322 g/mol. The Labute approximate surface area is 144 Å².